The lowest BCUT2D eigenvalue weighted by Crippen LogP contribution is -2.67. The van der Waals surface area contributed by atoms with Crippen LogP contribution < -0.4 is 0 Å². The third-order valence-electron chi connectivity index (χ3n) is 10.0. The van der Waals surface area contributed by atoms with Gasteiger partial charge in [-0.15, -0.1) is 0 Å². The van der Waals surface area contributed by atoms with E-state index in [2.05, 4.69) is 6.92 Å². The summed E-state index contributed by atoms with van der Waals surface area (Å²) in [7, 11) is 0. The predicted octanol–water partition coefficient (Wildman–Crippen LogP) is 2.58. The van der Waals surface area contributed by atoms with E-state index in [1.165, 1.54) is 0 Å². The standard InChI is InChI=1S/C23H34O5/c1-21-7-5-15(24)10-14(21)3-4-17-18(21)11-19(25)22(2)16(6-8-23(17,22)27)13-9-20(26)28-12-13/h9,14-19,24-25,27H,3-8,10-12H2,1-2H3/t14-,15+,16+,17+,18-,19-,21-,22-,23+/m0/s1. The number of hydrogen-bond acceptors (Lipinski definition) is 5. The number of fused-ring (bicyclic) bond motifs is 5. The van der Waals surface area contributed by atoms with Crippen LogP contribution in [0.5, 0.6) is 0 Å². The van der Waals surface area contributed by atoms with Crippen molar-refractivity contribution in [2.75, 3.05) is 6.61 Å². The van der Waals surface area contributed by atoms with Crippen LogP contribution >= 0.6 is 0 Å². The number of aliphatic hydroxyl groups is 3. The molecule has 0 amide bonds. The molecule has 4 saturated carbocycles. The van der Waals surface area contributed by atoms with Crippen molar-refractivity contribution in [3.8, 4) is 0 Å². The van der Waals surface area contributed by atoms with Crippen molar-refractivity contribution >= 4 is 5.97 Å². The van der Waals surface area contributed by atoms with E-state index in [-0.39, 0.29) is 29.3 Å². The van der Waals surface area contributed by atoms with E-state index in [0.717, 1.165) is 44.1 Å². The zero-order valence-corrected chi connectivity index (χ0v) is 17.1. The van der Waals surface area contributed by atoms with Crippen LogP contribution in [0.15, 0.2) is 11.6 Å². The monoisotopic (exact) mass is 390 g/mol. The van der Waals surface area contributed by atoms with Crippen LogP contribution in [-0.4, -0.2) is 45.7 Å². The van der Waals surface area contributed by atoms with Crippen molar-refractivity contribution in [2.24, 2.45) is 34.5 Å². The fourth-order valence-corrected chi connectivity index (χ4v) is 8.37. The first-order valence-corrected chi connectivity index (χ1v) is 11.2. The van der Waals surface area contributed by atoms with Crippen molar-refractivity contribution in [2.45, 2.75) is 83.0 Å². The number of cyclic esters (lactones) is 1. The molecule has 0 radical (unpaired) electrons. The molecule has 0 aromatic carbocycles. The Bertz CT molecular complexity index is 718. The summed E-state index contributed by atoms with van der Waals surface area (Å²) in [4.78, 5) is 11.6. The molecule has 1 heterocycles. The van der Waals surface area contributed by atoms with Crippen LogP contribution in [0.25, 0.3) is 0 Å². The first-order chi connectivity index (χ1) is 13.2. The summed E-state index contributed by atoms with van der Waals surface area (Å²) >= 11 is 0. The minimum absolute atomic E-state index is 0.00129. The molecule has 9 atom stereocenters. The van der Waals surface area contributed by atoms with E-state index < -0.39 is 17.1 Å². The lowest BCUT2D eigenvalue weighted by Gasteiger charge is -2.64. The van der Waals surface area contributed by atoms with Crippen LogP contribution in [0.1, 0.15) is 65.2 Å². The van der Waals surface area contributed by atoms with E-state index in [4.69, 9.17) is 4.74 Å². The highest BCUT2D eigenvalue weighted by Gasteiger charge is 2.70. The molecule has 156 valence electrons. The van der Waals surface area contributed by atoms with Gasteiger partial charge in [-0.2, -0.15) is 0 Å². The highest BCUT2D eigenvalue weighted by atomic mass is 16.5. The van der Waals surface area contributed by atoms with Crippen molar-refractivity contribution in [3.05, 3.63) is 11.6 Å². The molecule has 28 heavy (non-hydrogen) atoms. The summed E-state index contributed by atoms with van der Waals surface area (Å²) in [6, 6.07) is 0. The maximum Gasteiger partial charge on any atom is 0.331 e. The van der Waals surface area contributed by atoms with Gasteiger partial charge in [0.15, 0.2) is 0 Å². The highest BCUT2D eigenvalue weighted by Crippen LogP contribution is 2.69. The second-order valence-corrected chi connectivity index (χ2v) is 10.8. The molecule has 3 N–H and O–H groups in total. The van der Waals surface area contributed by atoms with E-state index in [0.29, 0.717) is 31.3 Å². The Morgan fingerprint density at radius 3 is 2.54 bits per heavy atom. The number of hydrogen-bond donors (Lipinski definition) is 3. The first kappa shape index (κ1) is 19.1. The Morgan fingerprint density at radius 2 is 1.82 bits per heavy atom. The average molecular weight is 391 g/mol. The van der Waals surface area contributed by atoms with Crippen LogP contribution in [-0.2, 0) is 9.53 Å². The highest BCUT2D eigenvalue weighted by molar-refractivity contribution is 5.85. The van der Waals surface area contributed by atoms with Crippen molar-refractivity contribution in [3.63, 3.8) is 0 Å². The van der Waals surface area contributed by atoms with E-state index in [1.54, 1.807) is 6.08 Å². The Labute approximate surface area is 167 Å². The largest absolute Gasteiger partial charge is 0.458 e. The molecular weight excluding hydrogens is 356 g/mol. The summed E-state index contributed by atoms with van der Waals surface area (Å²) in [6.45, 7) is 4.69. The van der Waals surface area contributed by atoms with Crippen molar-refractivity contribution in [1.29, 1.82) is 0 Å². The minimum atomic E-state index is -0.906. The van der Waals surface area contributed by atoms with Crippen molar-refractivity contribution < 1.29 is 24.9 Å². The number of ether oxygens (including phenoxy) is 1. The number of aliphatic hydroxyl groups excluding tert-OH is 2. The molecule has 4 aliphatic carbocycles. The Balaban J connectivity index is 1.51. The first-order valence-electron chi connectivity index (χ1n) is 11.2. The fraction of sp³-hybridized carbons (Fsp3) is 0.870. The van der Waals surface area contributed by atoms with Crippen molar-refractivity contribution in [1.82, 2.24) is 0 Å². The normalized spacial score (nSPS) is 55.8. The second-order valence-electron chi connectivity index (χ2n) is 10.8. The maximum absolute atomic E-state index is 12.1. The Morgan fingerprint density at radius 1 is 1.04 bits per heavy atom. The summed E-state index contributed by atoms with van der Waals surface area (Å²) in [5.41, 5.74) is -0.507. The Hall–Kier alpha value is -0.910. The molecule has 1 aliphatic heterocycles. The van der Waals surface area contributed by atoms with Gasteiger partial charge in [0.05, 0.1) is 17.8 Å². The quantitative estimate of drug-likeness (QED) is 0.599. The predicted molar refractivity (Wildman–Crippen MR) is 103 cm³/mol. The molecule has 5 heteroatoms. The van der Waals surface area contributed by atoms with Gasteiger partial charge in [-0.1, -0.05) is 13.8 Å². The molecule has 0 saturated heterocycles. The van der Waals surface area contributed by atoms with Crippen LogP contribution in [0, 0.1) is 34.5 Å². The molecule has 0 spiro atoms. The molecular formula is C23H34O5. The third-order valence-corrected chi connectivity index (χ3v) is 10.0. The van der Waals surface area contributed by atoms with Crippen LogP contribution in [0.2, 0.25) is 0 Å². The lowest BCUT2D eigenvalue weighted by molar-refractivity contribution is -0.244. The molecule has 5 rings (SSSR count). The van der Waals surface area contributed by atoms with E-state index in [9.17, 15) is 20.1 Å². The molecule has 0 unspecified atom stereocenters. The molecule has 5 aliphatic rings. The SMILES string of the molecule is C[C@]12CC[C@@H](O)C[C@@H]1CC[C@@H]1[C@@H]2C[C@H](O)[C@]2(C)[C@@H](C3=CC(=O)OC3)CC[C@@]12O. The summed E-state index contributed by atoms with van der Waals surface area (Å²) in [5, 5.41) is 33.7. The van der Waals surface area contributed by atoms with Gasteiger partial charge in [0.1, 0.15) is 6.61 Å². The molecule has 4 fully saturated rings. The zero-order valence-electron chi connectivity index (χ0n) is 17.1. The van der Waals surface area contributed by atoms with Crippen LogP contribution in [0.4, 0.5) is 0 Å². The topological polar surface area (TPSA) is 87.0 Å². The van der Waals surface area contributed by atoms with Gasteiger partial charge in [-0.25, -0.2) is 4.79 Å². The van der Waals surface area contributed by atoms with Gasteiger partial charge < -0.3 is 20.1 Å². The zero-order chi connectivity index (χ0) is 19.9. The average Bonchev–Trinajstić information content (AvgIpc) is 3.19. The second kappa shape index (κ2) is 6.05. The van der Waals surface area contributed by atoms with Gasteiger partial charge in [0, 0.05) is 11.5 Å². The van der Waals surface area contributed by atoms with Gasteiger partial charge in [0.2, 0.25) is 0 Å². The van der Waals surface area contributed by atoms with Gasteiger partial charge >= 0.3 is 5.97 Å². The minimum Gasteiger partial charge on any atom is -0.458 e. The van der Waals surface area contributed by atoms with Gasteiger partial charge in [-0.05, 0) is 86.0 Å². The third kappa shape index (κ3) is 2.27. The van der Waals surface area contributed by atoms with Crippen LogP contribution in [0.3, 0.4) is 0 Å². The number of esters is 1. The van der Waals surface area contributed by atoms with E-state index >= 15 is 0 Å². The summed E-state index contributed by atoms with van der Waals surface area (Å²) < 4.78 is 5.16. The summed E-state index contributed by atoms with van der Waals surface area (Å²) in [6.07, 6.45) is 7.69. The fourth-order valence-electron chi connectivity index (χ4n) is 8.37. The number of carbonyl (C=O) groups excluding carboxylic acids is 1. The Kier molecular flexibility index (Phi) is 4.12. The molecule has 5 nitrogen and oxygen atoms in total. The smallest absolute Gasteiger partial charge is 0.331 e. The summed E-state index contributed by atoms with van der Waals surface area (Å²) in [5.74, 6) is 0.657. The number of rotatable bonds is 1. The number of carbonyl (C=O) groups is 1. The molecule has 0 aromatic rings. The van der Waals surface area contributed by atoms with Gasteiger partial charge in [0.25, 0.3) is 0 Å². The lowest BCUT2D eigenvalue weighted by atomic mass is 9.42. The maximum atomic E-state index is 12.1. The molecule has 0 bridgehead atoms. The van der Waals surface area contributed by atoms with Gasteiger partial charge in [-0.3, -0.25) is 0 Å². The molecule has 0 aromatic heterocycles. The van der Waals surface area contributed by atoms with E-state index in [1.807, 2.05) is 6.92 Å².